The number of amides is 1. The summed E-state index contributed by atoms with van der Waals surface area (Å²) in [6, 6.07) is 13.8. The summed E-state index contributed by atoms with van der Waals surface area (Å²) in [5.41, 5.74) is 2.25. The average Bonchev–Trinajstić information content (AvgIpc) is 3.43. The number of benzene rings is 2. The minimum absolute atomic E-state index is 0.0334. The highest BCUT2D eigenvalue weighted by molar-refractivity contribution is 7.89. The fourth-order valence-corrected chi connectivity index (χ4v) is 5.53. The first kappa shape index (κ1) is 22.0. The van der Waals surface area contributed by atoms with Gasteiger partial charge in [0.05, 0.1) is 15.5 Å². The molecule has 1 heterocycles. The van der Waals surface area contributed by atoms with Gasteiger partial charge in [-0.3, -0.25) is 4.79 Å². The van der Waals surface area contributed by atoms with Crippen molar-refractivity contribution in [2.75, 3.05) is 7.05 Å². The van der Waals surface area contributed by atoms with Gasteiger partial charge in [-0.1, -0.05) is 48.7 Å². The van der Waals surface area contributed by atoms with Crippen molar-refractivity contribution in [1.29, 1.82) is 0 Å². The highest BCUT2D eigenvalue weighted by atomic mass is 35.5. The lowest BCUT2D eigenvalue weighted by Gasteiger charge is -2.23. The number of sulfonamides is 1. The maximum Gasteiger partial charge on any atom is 0.282 e. The predicted octanol–water partition coefficient (Wildman–Crippen LogP) is 4.79. The van der Waals surface area contributed by atoms with Crippen molar-refractivity contribution < 1.29 is 13.2 Å². The molecule has 2 aromatic carbocycles. The molecule has 0 atom stereocenters. The Labute approximate surface area is 190 Å². The molecule has 1 fully saturated rings. The summed E-state index contributed by atoms with van der Waals surface area (Å²) >= 11 is 7.34. The summed E-state index contributed by atoms with van der Waals surface area (Å²) < 4.78 is 23.2. The number of rotatable bonds is 5. The second-order valence-electron chi connectivity index (χ2n) is 7.63. The van der Waals surface area contributed by atoms with Crippen LogP contribution in [0.3, 0.4) is 0 Å². The Balaban J connectivity index is 1.77. The molecule has 0 bridgehead atoms. The highest BCUT2D eigenvalue weighted by Crippen LogP contribution is 2.38. The molecule has 0 aliphatic heterocycles. The topological polar surface area (TPSA) is 93.4 Å². The van der Waals surface area contributed by atoms with Crippen molar-refractivity contribution in [1.82, 2.24) is 9.88 Å². The van der Waals surface area contributed by atoms with Gasteiger partial charge in [-0.25, -0.2) is 18.5 Å². The van der Waals surface area contributed by atoms with Crippen LogP contribution >= 0.6 is 22.9 Å². The van der Waals surface area contributed by atoms with Crippen LogP contribution in [0.2, 0.25) is 5.02 Å². The van der Waals surface area contributed by atoms with Crippen molar-refractivity contribution in [2.24, 2.45) is 5.14 Å². The van der Waals surface area contributed by atoms with Crippen LogP contribution in [0.5, 0.6) is 0 Å². The fourth-order valence-electron chi connectivity index (χ4n) is 3.81. The van der Waals surface area contributed by atoms with Crippen molar-refractivity contribution in [3.05, 3.63) is 58.6 Å². The van der Waals surface area contributed by atoms with Gasteiger partial charge in [0, 0.05) is 23.7 Å². The van der Waals surface area contributed by atoms with Crippen molar-refractivity contribution in [2.45, 2.75) is 36.6 Å². The molecule has 0 unspecified atom stereocenters. The number of nitrogens with zero attached hydrogens (tertiary/aromatic N) is 2. The molecule has 4 rings (SSSR count). The second kappa shape index (κ2) is 8.70. The van der Waals surface area contributed by atoms with Gasteiger partial charge in [0.1, 0.15) is 0 Å². The van der Waals surface area contributed by atoms with Crippen molar-refractivity contribution in [3.8, 4) is 21.7 Å². The van der Waals surface area contributed by atoms with E-state index in [0.717, 1.165) is 41.7 Å². The normalized spacial score (nSPS) is 14.7. The van der Waals surface area contributed by atoms with E-state index in [9.17, 15) is 13.2 Å². The molecule has 3 aromatic rings. The molecule has 2 N–H and O–H groups in total. The van der Waals surface area contributed by atoms with Gasteiger partial charge in [0.2, 0.25) is 10.0 Å². The van der Waals surface area contributed by atoms with E-state index in [4.69, 9.17) is 21.7 Å². The van der Waals surface area contributed by atoms with E-state index in [-0.39, 0.29) is 16.8 Å². The van der Waals surface area contributed by atoms with Crippen LogP contribution in [0.1, 0.15) is 35.5 Å². The number of halogens is 1. The molecule has 31 heavy (non-hydrogen) atoms. The van der Waals surface area contributed by atoms with E-state index in [1.807, 2.05) is 19.2 Å². The zero-order valence-corrected chi connectivity index (χ0v) is 19.3. The first-order valence-electron chi connectivity index (χ1n) is 9.91. The molecular weight excluding hydrogens is 454 g/mol. The number of carbonyl (C=O) groups excluding carboxylic acids is 1. The molecule has 162 valence electrons. The third-order valence-corrected chi connectivity index (χ3v) is 7.84. The summed E-state index contributed by atoms with van der Waals surface area (Å²) in [6.07, 6.45) is 4.30. The van der Waals surface area contributed by atoms with Crippen LogP contribution in [0.25, 0.3) is 21.7 Å². The zero-order valence-electron chi connectivity index (χ0n) is 16.9. The standard InChI is InChI=1S/C22H22ClN3O3S2/c1-26(17-4-2-3-5-17)22(27)21-25-19(14-6-10-16(23)11-7-14)20(30-21)15-8-12-18(13-9-15)31(24,28)29/h6-13,17H,2-5H2,1H3,(H2,24,28,29). The Bertz CT molecular complexity index is 1200. The van der Waals surface area contributed by atoms with Crippen molar-refractivity contribution >= 4 is 38.9 Å². The van der Waals surface area contributed by atoms with Gasteiger partial charge in [-0.05, 0) is 42.7 Å². The number of hydrogen-bond acceptors (Lipinski definition) is 5. The van der Waals surface area contributed by atoms with Crippen LogP contribution in [0.15, 0.2) is 53.4 Å². The third-order valence-electron chi connectivity index (χ3n) is 5.57. The average molecular weight is 476 g/mol. The van der Waals surface area contributed by atoms with Gasteiger partial charge in [-0.15, -0.1) is 11.3 Å². The minimum atomic E-state index is -3.79. The summed E-state index contributed by atoms with van der Waals surface area (Å²) in [6.45, 7) is 0. The molecule has 0 radical (unpaired) electrons. The first-order valence-corrected chi connectivity index (χ1v) is 12.7. The summed E-state index contributed by atoms with van der Waals surface area (Å²) in [5.74, 6) is -0.0977. The molecule has 0 spiro atoms. The number of hydrogen-bond donors (Lipinski definition) is 1. The molecular formula is C22H22ClN3O3S2. The molecule has 9 heteroatoms. The molecule has 0 saturated heterocycles. The Hall–Kier alpha value is -2.26. The lowest BCUT2D eigenvalue weighted by atomic mass is 10.1. The molecule has 1 aromatic heterocycles. The van der Waals surface area contributed by atoms with Gasteiger partial charge < -0.3 is 4.90 Å². The van der Waals surface area contributed by atoms with Gasteiger partial charge in [-0.2, -0.15) is 0 Å². The third kappa shape index (κ3) is 4.67. The lowest BCUT2D eigenvalue weighted by molar-refractivity contribution is 0.0735. The van der Waals surface area contributed by atoms with Crippen molar-refractivity contribution in [3.63, 3.8) is 0 Å². The number of thiazole rings is 1. The van der Waals surface area contributed by atoms with Crippen LogP contribution in [-0.4, -0.2) is 37.3 Å². The molecule has 1 amide bonds. The van der Waals surface area contributed by atoms with Crippen LogP contribution < -0.4 is 5.14 Å². The van der Waals surface area contributed by atoms with Crippen LogP contribution in [-0.2, 0) is 10.0 Å². The molecule has 1 aliphatic rings. The number of carbonyl (C=O) groups is 1. The Morgan fingerprint density at radius 1 is 1.06 bits per heavy atom. The Morgan fingerprint density at radius 3 is 2.23 bits per heavy atom. The smallest absolute Gasteiger partial charge is 0.282 e. The van der Waals surface area contributed by atoms with Gasteiger partial charge >= 0.3 is 0 Å². The first-order chi connectivity index (χ1) is 14.7. The van der Waals surface area contributed by atoms with Gasteiger partial charge in [0.25, 0.3) is 5.91 Å². The predicted molar refractivity (Wildman–Crippen MR) is 124 cm³/mol. The quantitative estimate of drug-likeness (QED) is 0.573. The van der Waals surface area contributed by atoms with Gasteiger partial charge in [0.15, 0.2) is 5.01 Å². The Morgan fingerprint density at radius 2 is 1.65 bits per heavy atom. The lowest BCUT2D eigenvalue weighted by Crippen LogP contribution is -2.35. The molecule has 1 saturated carbocycles. The van der Waals surface area contributed by atoms with Crippen LogP contribution in [0.4, 0.5) is 0 Å². The zero-order chi connectivity index (χ0) is 22.2. The van der Waals surface area contributed by atoms with E-state index in [0.29, 0.717) is 15.7 Å². The van der Waals surface area contributed by atoms with E-state index < -0.39 is 10.0 Å². The SMILES string of the molecule is CN(C(=O)c1nc(-c2ccc(Cl)cc2)c(-c2ccc(S(N)(=O)=O)cc2)s1)C1CCCC1. The summed E-state index contributed by atoms with van der Waals surface area (Å²) in [5, 5.41) is 6.23. The number of nitrogens with two attached hydrogens (primary N) is 1. The molecule has 1 aliphatic carbocycles. The number of aromatic nitrogens is 1. The van der Waals surface area contributed by atoms with E-state index in [2.05, 4.69) is 0 Å². The minimum Gasteiger partial charge on any atom is -0.337 e. The van der Waals surface area contributed by atoms with E-state index in [1.54, 1.807) is 29.2 Å². The maximum absolute atomic E-state index is 13.2. The summed E-state index contributed by atoms with van der Waals surface area (Å²) in [7, 11) is -1.95. The Kier molecular flexibility index (Phi) is 6.16. The second-order valence-corrected chi connectivity index (χ2v) is 10.6. The van der Waals surface area contributed by atoms with E-state index in [1.165, 1.54) is 23.5 Å². The fraction of sp³-hybridized carbons (Fsp3) is 0.273. The largest absolute Gasteiger partial charge is 0.337 e. The molecule has 6 nitrogen and oxygen atoms in total. The highest BCUT2D eigenvalue weighted by Gasteiger charge is 2.28. The maximum atomic E-state index is 13.2. The summed E-state index contributed by atoms with van der Waals surface area (Å²) in [4.78, 5) is 20.5. The van der Waals surface area contributed by atoms with Crippen LogP contribution in [0, 0.1) is 0 Å². The van der Waals surface area contributed by atoms with E-state index >= 15 is 0 Å². The number of primary sulfonamides is 1. The monoisotopic (exact) mass is 475 g/mol.